The normalized spacial score (nSPS) is 11.9. The lowest BCUT2D eigenvalue weighted by Gasteiger charge is -2.31. The van der Waals surface area contributed by atoms with Crippen LogP contribution >= 0.6 is 15.9 Å². The molecule has 0 spiro atoms. The quantitative estimate of drug-likeness (QED) is 0.787. The van der Waals surface area contributed by atoms with Crippen LogP contribution in [0, 0.1) is 11.6 Å². The number of benzene rings is 1. The first-order chi connectivity index (χ1) is 8.49. The number of rotatable bonds is 6. The van der Waals surface area contributed by atoms with E-state index in [2.05, 4.69) is 21.2 Å². The number of aliphatic hydroxyl groups is 1. The molecule has 0 heterocycles. The van der Waals surface area contributed by atoms with Crippen LogP contribution in [0.5, 0.6) is 0 Å². The van der Waals surface area contributed by atoms with E-state index in [9.17, 15) is 13.9 Å². The van der Waals surface area contributed by atoms with Crippen molar-refractivity contribution in [3.05, 3.63) is 33.8 Å². The van der Waals surface area contributed by atoms with Crippen molar-refractivity contribution in [1.82, 2.24) is 5.32 Å². The molecule has 18 heavy (non-hydrogen) atoms. The van der Waals surface area contributed by atoms with Gasteiger partial charge in [0, 0.05) is 17.6 Å². The van der Waals surface area contributed by atoms with Gasteiger partial charge in [-0.3, -0.25) is 0 Å². The Hall–Kier alpha value is -0.520. The maximum absolute atomic E-state index is 13.8. The van der Waals surface area contributed by atoms with Crippen molar-refractivity contribution >= 4 is 15.9 Å². The molecule has 0 saturated heterocycles. The predicted octanol–water partition coefficient (Wildman–Crippen LogP) is 3.37. The molecule has 2 N–H and O–H groups in total. The molecule has 5 heteroatoms. The smallest absolute Gasteiger partial charge is 0.144 e. The third-order valence-corrected chi connectivity index (χ3v) is 4.05. The molecule has 0 radical (unpaired) electrons. The highest BCUT2D eigenvalue weighted by Crippen LogP contribution is 2.23. The number of aliphatic hydroxyl groups excluding tert-OH is 1. The minimum absolute atomic E-state index is 0.0101. The molecule has 0 fully saturated rings. The third kappa shape index (κ3) is 3.28. The van der Waals surface area contributed by atoms with E-state index in [1.807, 2.05) is 13.8 Å². The standard InChI is InChI=1S/C13H18BrF2NO/c1-3-13(4-2,8-18)17-7-9-11(15)6-5-10(14)12(9)16/h5-6,17-18H,3-4,7-8H2,1-2H3. The lowest BCUT2D eigenvalue weighted by molar-refractivity contribution is 0.148. The number of nitrogens with one attached hydrogen (secondary N) is 1. The van der Waals surface area contributed by atoms with Gasteiger partial charge in [0.05, 0.1) is 11.1 Å². The Bertz CT molecular complexity index is 400. The van der Waals surface area contributed by atoms with Crippen LogP contribution in [-0.2, 0) is 6.54 Å². The topological polar surface area (TPSA) is 32.3 Å². The van der Waals surface area contributed by atoms with Crippen molar-refractivity contribution in [2.24, 2.45) is 0 Å². The Labute approximate surface area is 115 Å². The maximum Gasteiger partial charge on any atom is 0.144 e. The fraction of sp³-hybridized carbons (Fsp3) is 0.538. The molecule has 1 aromatic rings. The van der Waals surface area contributed by atoms with Crippen LogP contribution in [0.1, 0.15) is 32.3 Å². The number of hydrogen-bond acceptors (Lipinski definition) is 2. The van der Waals surface area contributed by atoms with E-state index in [1.165, 1.54) is 12.1 Å². The first-order valence-corrected chi connectivity index (χ1v) is 6.77. The molecule has 102 valence electrons. The zero-order valence-corrected chi connectivity index (χ0v) is 12.2. The second-order valence-electron chi connectivity index (χ2n) is 4.32. The maximum atomic E-state index is 13.8. The van der Waals surface area contributed by atoms with Gasteiger partial charge >= 0.3 is 0 Å². The summed E-state index contributed by atoms with van der Waals surface area (Å²) in [6.45, 7) is 3.86. The van der Waals surface area contributed by atoms with Gasteiger partial charge in [-0.2, -0.15) is 0 Å². The highest BCUT2D eigenvalue weighted by molar-refractivity contribution is 9.10. The highest BCUT2D eigenvalue weighted by atomic mass is 79.9. The summed E-state index contributed by atoms with van der Waals surface area (Å²) >= 11 is 3.03. The largest absolute Gasteiger partial charge is 0.394 e. The molecule has 2 nitrogen and oxygen atoms in total. The van der Waals surface area contributed by atoms with Crippen LogP contribution in [0.4, 0.5) is 8.78 Å². The summed E-state index contributed by atoms with van der Waals surface area (Å²) in [5.41, 5.74) is -0.495. The van der Waals surface area contributed by atoms with Gasteiger partial charge in [-0.25, -0.2) is 8.78 Å². The minimum Gasteiger partial charge on any atom is -0.394 e. The Balaban J connectivity index is 2.89. The van der Waals surface area contributed by atoms with Crippen molar-refractivity contribution in [2.75, 3.05) is 6.61 Å². The van der Waals surface area contributed by atoms with Crippen molar-refractivity contribution in [3.8, 4) is 0 Å². The van der Waals surface area contributed by atoms with Crippen LogP contribution in [-0.4, -0.2) is 17.3 Å². The Morgan fingerprint density at radius 2 is 1.89 bits per heavy atom. The molecule has 0 atom stereocenters. The van der Waals surface area contributed by atoms with E-state index in [1.54, 1.807) is 0 Å². The molecule has 0 amide bonds. The Kier molecular flexibility index (Phi) is 5.69. The number of halogens is 3. The summed E-state index contributed by atoms with van der Waals surface area (Å²) in [5, 5.41) is 12.4. The summed E-state index contributed by atoms with van der Waals surface area (Å²) in [6.07, 6.45) is 1.38. The monoisotopic (exact) mass is 321 g/mol. The summed E-state index contributed by atoms with van der Waals surface area (Å²) in [7, 11) is 0. The first-order valence-electron chi connectivity index (χ1n) is 5.98. The van der Waals surface area contributed by atoms with Crippen LogP contribution in [0.2, 0.25) is 0 Å². The SMILES string of the molecule is CCC(CC)(CO)NCc1c(F)ccc(Br)c1F. The third-order valence-electron chi connectivity index (χ3n) is 3.44. The molecule has 0 aliphatic heterocycles. The van der Waals surface area contributed by atoms with E-state index < -0.39 is 17.2 Å². The van der Waals surface area contributed by atoms with Crippen LogP contribution in [0.15, 0.2) is 16.6 Å². The summed E-state index contributed by atoms with van der Waals surface area (Å²) in [6, 6.07) is 2.57. The van der Waals surface area contributed by atoms with E-state index in [0.717, 1.165) is 0 Å². The average Bonchev–Trinajstić information content (AvgIpc) is 2.39. The van der Waals surface area contributed by atoms with Gasteiger partial charge in [0.25, 0.3) is 0 Å². The van der Waals surface area contributed by atoms with Gasteiger partial charge in [0.2, 0.25) is 0 Å². The fourth-order valence-electron chi connectivity index (χ4n) is 1.79. The van der Waals surface area contributed by atoms with Crippen LogP contribution < -0.4 is 5.32 Å². The Morgan fingerprint density at radius 3 is 2.39 bits per heavy atom. The summed E-state index contributed by atoms with van der Waals surface area (Å²) < 4.78 is 27.6. The van der Waals surface area contributed by atoms with Gasteiger partial charge in [0.15, 0.2) is 0 Å². The molecule has 0 aliphatic rings. The van der Waals surface area contributed by atoms with Crippen molar-refractivity contribution in [3.63, 3.8) is 0 Å². The fourth-order valence-corrected chi connectivity index (χ4v) is 2.16. The van der Waals surface area contributed by atoms with E-state index in [0.29, 0.717) is 12.8 Å². The Morgan fingerprint density at radius 1 is 1.28 bits per heavy atom. The van der Waals surface area contributed by atoms with Crippen molar-refractivity contribution in [1.29, 1.82) is 0 Å². The molecular weight excluding hydrogens is 304 g/mol. The van der Waals surface area contributed by atoms with Gasteiger partial charge in [-0.1, -0.05) is 13.8 Å². The predicted molar refractivity (Wildman–Crippen MR) is 71.3 cm³/mol. The second kappa shape index (κ2) is 6.59. The van der Waals surface area contributed by atoms with E-state index >= 15 is 0 Å². The average molecular weight is 322 g/mol. The highest BCUT2D eigenvalue weighted by Gasteiger charge is 2.25. The van der Waals surface area contributed by atoms with E-state index in [-0.39, 0.29) is 23.2 Å². The van der Waals surface area contributed by atoms with E-state index in [4.69, 9.17) is 0 Å². The van der Waals surface area contributed by atoms with Gasteiger partial charge in [0.1, 0.15) is 11.6 Å². The minimum atomic E-state index is -0.596. The summed E-state index contributed by atoms with van der Waals surface area (Å²) in [5.74, 6) is -1.18. The lowest BCUT2D eigenvalue weighted by atomic mass is 9.93. The molecule has 0 aliphatic carbocycles. The molecule has 0 saturated carbocycles. The molecule has 0 unspecified atom stereocenters. The van der Waals surface area contributed by atoms with Crippen LogP contribution in [0.25, 0.3) is 0 Å². The second-order valence-corrected chi connectivity index (χ2v) is 5.18. The molecule has 0 bridgehead atoms. The molecule has 1 rings (SSSR count). The first kappa shape index (κ1) is 15.5. The van der Waals surface area contributed by atoms with Crippen molar-refractivity contribution in [2.45, 2.75) is 38.8 Å². The molecule has 1 aromatic carbocycles. The van der Waals surface area contributed by atoms with Crippen LogP contribution in [0.3, 0.4) is 0 Å². The number of hydrogen-bond donors (Lipinski definition) is 2. The van der Waals surface area contributed by atoms with Gasteiger partial charge < -0.3 is 10.4 Å². The van der Waals surface area contributed by atoms with Gasteiger partial charge in [-0.15, -0.1) is 0 Å². The van der Waals surface area contributed by atoms with Crippen molar-refractivity contribution < 1.29 is 13.9 Å². The molecule has 0 aromatic heterocycles. The molecular formula is C13H18BrF2NO. The van der Waals surface area contributed by atoms with Gasteiger partial charge in [-0.05, 0) is 40.9 Å². The lowest BCUT2D eigenvalue weighted by Crippen LogP contribution is -2.47. The zero-order chi connectivity index (χ0) is 13.8. The zero-order valence-electron chi connectivity index (χ0n) is 10.6. The summed E-state index contributed by atoms with van der Waals surface area (Å²) in [4.78, 5) is 0.